The minimum Gasteiger partial charge on any atom is -0.352 e. The first kappa shape index (κ1) is 13.8. The summed E-state index contributed by atoms with van der Waals surface area (Å²) in [6.45, 7) is 0.383. The first-order valence-corrected chi connectivity index (χ1v) is 6.03. The minimum absolute atomic E-state index is 0.359. The zero-order valence-corrected chi connectivity index (χ0v) is 10.1. The fourth-order valence-electron chi connectivity index (χ4n) is 1.90. The maximum atomic E-state index is 13.4. The van der Waals surface area contributed by atoms with E-state index in [1.54, 1.807) is 0 Å². The molecule has 0 aliphatic heterocycles. The summed E-state index contributed by atoms with van der Waals surface area (Å²) < 4.78 is 50.9. The molecule has 0 radical (unpaired) electrons. The molecule has 2 nitrogen and oxygen atoms in total. The van der Waals surface area contributed by atoms with E-state index < -0.39 is 29.0 Å². The van der Waals surface area contributed by atoms with E-state index in [9.17, 15) is 22.4 Å². The Kier molecular flexibility index (Phi) is 3.78. The van der Waals surface area contributed by atoms with Crippen molar-refractivity contribution < 1.29 is 22.4 Å². The van der Waals surface area contributed by atoms with Crippen LogP contribution in [-0.4, -0.2) is 12.5 Å². The Labute approximate surface area is 107 Å². The lowest BCUT2D eigenvalue weighted by molar-refractivity contribution is -0.137. The number of carbonyl (C=O) groups excluding carboxylic acids is 1. The third kappa shape index (κ3) is 3.24. The smallest absolute Gasteiger partial charge is 0.352 e. The molecule has 1 aliphatic rings. The second-order valence-electron chi connectivity index (χ2n) is 4.70. The van der Waals surface area contributed by atoms with E-state index >= 15 is 0 Å². The molecule has 1 saturated carbocycles. The van der Waals surface area contributed by atoms with Crippen molar-refractivity contribution >= 4 is 5.91 Å². The summed E-state index contributed by atoms with van der Waals surface area (Å²) in [7, 11) is 0. The molecular weight excluding hydrogens is 262 g/mol. The summed E-state index contributed by atoms with van der Waals surface area (Å²) in [5, 5.41) is 2.47. The molecule has 1 aromatic carbocycles. The van der Waals surface area contributed by atoms with Crippen LogP contribution in [0.1, 0.15) is 35.2 Å². The van der Waals surface area contributed by atoms with Gasteiger partial charge in [-0.15, -0.1) is 0 Å². The Morgan fingerprint density at radius 3 is 2.53 bits per heavy atom. The van der Waals surface area contributed by atoms with Crippen LogP contribution in [0, 0.1) is 11.7 Å². The van der Waals surface area contributed by atoms with E-state index in [0.29, 0.717) is 30.7 Å². The largest absolute Gasteiger partial charge is 0.416 e. The molecule has 0 heterocycles. The highest BCUT2D eigenvalue weighted by Crippen LogP contribution is 2.30. The maximum Gasteiger partial charge on any atom is 0.416 e. The summed E-state index contributed by atoms with van der Waals surface area (Å²) in [4.78, 5) is 11.7. The Morgan fingerprint density at radius 1 is 1.32 bits per heavy atom. The van der Waals surface area contributed by atoms with Gasteiger partial charge in [0.05, 0.1) is 11.1 Å². The third-order valence-electron chi connectivity index (χ3n) is 3.31. The number of alkyl halides is 3. The van der Waals surface area contributed by atoms with E-state index in [1.165, 1.54) is 0 Å². The molecule has 104 valence electrons. The highest BCUT2D eigenvalue weighted by molar-refractivity contribution is 5.94. The van der Waals surface area contributed by atoms with Gasteiger partial charge in [-0.3, -0.25) is 4.79 Å². The average molecular weight is 275 g/mol. The van der Waals surface area contributed by atoms with Gasteiger partial charge < -0.3 is 5.32 Å². The molecule has 0 unspecified atom stereocenters. The van der Waals surface area contributed by atoms with Crippen molar-refractivity contribution in [1.29, 1.82) is 0 Å². The van der Waals surface area contributed by atoms with Gasteiger partial charge in [0.2, 0.25) is 0 Å². The molecule has 0 atom stereocenters. The molecule has 19 heavy (non-hydrogen) atoms. The lowest BCUT2D eigenvalue weighted by Gasteiger charge is -2.25. The van der Waals surface area contributed by atoms with Gasteiger partial charge in [-0.1, -0.05) is 6.42 Å². The van der Waals surface area contributed by atoms with E-state index in [0.717, 1.165) is 19.3 Å². The van der Waals surface area contributed by atoms with Crippen LogP contribution >= 0.6 is 0 Å². The first-order valence-electron chi connectivity index (χ1n) is 6.03. The van der Waals surface area contributed by atoms with E-state index in [4.69, 9.17) is 0 Å². The molecule has 0 saturated heterocycles. The van der Waals surface area contributed by atoms with Crippen molar-refractivity contribution in [2.75, 3.05) is 6.54 Å². The highest BCUT2D eigenvalue weighted by Gasteiger charge is 2.32. The quantitative estimate of drug-likeness (QED) is 0.842. The van der Waals surface area contributed by atoms with Gasteiger partial charge in [0, 0.05) is 6.54 Å². The van der Waals surface area contributed by atoms with Gasteiger partial charge in [0.25, 0.3) is 5.91 Å². The van der Waals surface area contributed by atoms with E-state index in [1.807, 2.05) is 0 Å². The lowest BCUT2D eigenvalue weighted by Crippen LogP contribution is -2.32. The highest BCUT2D eigenvalue weighted by atomic mass is 19.4. The molecule has 1 aliphatic carbocycles. The van der Waals surface area contributed by atoms with Crippen molar-refractivity contribution in [1.82, 2.24) is 5.32 Å². The first-order chi connectivity index (χ1) is 8.88. The molecular formula is C13H13F4NO. The molecule has 0 bridgehead atoms. The normalized spacial score (nSPS) is 16.0. The summed E-state index contributed by atoms with van der Waals surface area (Å²) in [6, 6.07) is 1.84. The number of hydrogen-bond donors (Lipinski definition) is 1. The summed E-state index contributed by atoms with van der Waals surface area (Å²) in [5.41, 5.74) is -1.59. The van der Waals surface area contributed by atoms with Gasteiger partial charge in [0.15, 0.2) is 0 Å². The van der Waals surface area contributed by atoms with Crippen LogP contribution in [0.15, 0.2) is 18.2 Å². The zero-order valence-electron chi connectivity index (χ0n) is 10.1. The topological polar surface area (TPSA) is 29.1 Å². The predicted molar refractivity (Wildman–Crippen MR) is 61.1 cm³/mol. The van der Waals surface area contributed by atoms with Gasteiger partial charge in [-0.25, -0.2) is 4.39 Å². The van der Waals surface area contributed by atoms with Gasteiger partial charge in [-0.2, -0.15) is 13.2 Å². The van der Waals surface area contributed by atoms with Crippen LogP contribution in [-0.2, 0) is 6.18 Å². The Morgan fingerprint density at radius 2 is 2.00 bits per heavy atom. The molecule has 1 N–H and O–H groups in total. The standard InChI is InChI=1S/C13H13F4NO/c14-11-5-4-9(13(15,16)17)6-10(11)12(19)18-7-8-2-1-3-8/h4-6,8H,1-3,7H2,(H,18,19). The molecule has 6 heteroatoms. The van der Waals surface area contributed by atoms with Crippen LogP contribution in [0.3, 0.4) is 0 Å². The van der Waals surface area contributed by atoms with Crippen LogP contribution in [0.4, 0.5) is 17.6 Å². The maximum absolute atomic E-state index is 13.4. The van der Waals surface area contributed by atoms with Crippen LogP contribution in [0.5, 0.6) is 0 Å². The molecule has 0 aromatic heterocycles. The van der Waals surface area contributed by atoms with Gasteiger partial charge in [0.1, 0.15) is 5.82 Å². The fraction of sp³-hybridized carbons (Fsp3) is 0.462. The number of rotatable bonds is 3. The Balaban J connectivity index is 2.10. The number of carbonyl (C=O) groups is 1. The number of amides is 1. The summed E-state index contributed by atoms with van der Waals surface area (Å²) >= 11 is 0. The van der Waals surface area contributed by atoms with Crippen molar-refractivity contribution in [3.63, 3.8) is 0 Å². The van der Waals surface area contributed by atoms with Gasteiger partial charge in [-0.05, 0) is 37.0 Å². The SMILES string of the molecule is O=C(NCC1CCC1)c1cc(C(F)(F)F)ccc1F. The van der Waals surface area contributed by atoms with Gasteiger partial charge >= 0.3 is 6.18 Å². The van der Waals surface area contributed by atoms with Crippen molar-refractivity contribution in [2.24, 2.45) is 5.92 Å². The fourth-order valence-corrected chi connectivity index (χ4v) is 1.90. The van der Waals surface area contributed by atoms with Crippen molar-refractivity contribution in [3.05, 3.63) is 35.1 Å². The Hall–Kier alpha value is -1.59. The predicted octanol–water partition coefficient (Wildman–Crippen LogP) is 3.37. The Bertz CT molecular complexity index is 480. The summed E-state index contributed by atoms with van der Waals surface area (Å²) in [6.07, 6.45) is -1.51. The van der Waals surface area contributed by atoms with Crippen LogP contribution < -0.4 is 5.32 Å². The zero-order chi connectivity index (χ0) is 14.0. The second kappa shape index (κ2) is 5.19. The molecule has 2 rings (SSSR count). The number of hydrogen-bond acceptors (Lipinski definition) is 1. The molecule has 1 aromatic rings. The van der Waals surface area contributed by atoms with E-state index in [2.05, 4.69) is 5.32 Å². The van der Waals surface area contributed by atoms with Crippen molar-refractivity contribution in [2.45, 2.75) is 25.4 Å². The minimum atomic E-state index is -4.59. The average Bonchev–Trinajstić information content (AvgIpc) is 2.25. The van der Waals surface area contributed by atoms with Crippen LogP contribution in [0.2, 0.25) is 0 Å². The second-order valence-corrected chi connectivity index (χ2v) is 4.70. The molecule has 0 spiro atoms. The number of halogens is 4. The summed E-state index contributed by atoms with van der Waals surface area (Å²) in [5.74, 6) is -1.38. The van der Waals surface area contributed by atoms with E-state index in [-0.39, 0.29) is 0 Å². The number of nitrogens with one attached hydrogen (secondary N) is 1. The van der Waals surface area contributed by atoms with Crippen LogP contribution in [0.25, 0.3) is 0 Å². The number of benzene rings is 1. The lowest BCUT2D eigenvalue weighted by atomic mass is 9.85. The third-order valence-corrected chi connectivity index (χ3v) is 3.31. The molecule has 1 fully saturated rings. The van der Waals surface area contributed by atoms with Crippen molar-refractivity contribution in [3.8, 4) is 0 Å². The molecule has 1 amide bonds. The monoisotopic (exact) mass is 275 g/mol.